The molecule has 0 aliphatic carbocycles. The molecule has 0 radical (unpaired) electrons. The van der Waals surface area contributed by atoms with E-state index in [1.165, 1.54) is 42.5 Å². The lowest BCUT2D eigenvalue weighted by atomic mass is 9.87. The number of esters is 1. The molecule has 91 heavy (non-hydrogen) atoms. The Morgan fingerprint density at radius 2 is 0.714 bits per heavy atom. The number of ether oxygens (including phenoxy) is 5. The van der Waals surface area contributed by atoms with E-state index in [-0.39, 0.29) is 81.3 Å². The van der Waals surface area contributed by atoms with Gasteiger partial charge in [-0.1, -0.05) is 126 Å². The molecule has 0 unspecified atom stereocenters. The highest BCUT2D eigenvalue weighted by Gasteiger charge is 2.33. The molecule has 0 spiro atoms. The topological polar surface area (TPSA) is 258 Å². The number of benzene rings is 6. The Morgan fingerprint density at radius 1 is 0.418 bits per heavy atom. The van der Waals surface area contributed by atoms with Gasteiger partial charge in [-0.15, -0.1) is 38.5 Å². The highest BCUT2D eigenvalue weighted by Crippen LogP contribution is 2.36. The largest absolute Gasteiger partial charge is 0.497 e. The normalized spacial score (nSPS) is 12.1. The Balaban J connectivity index is 0.000000194. The van der Waals surface area contributed by atoms with E-state index in [4.69, 9.17) is 46.9 Å². The minimum atomic E-state index is -4.05. The summed E-state index contributed by atoms with van der Waals surface area (Å²) in [6.07, 6.45) is -0.324. The second kappa shape index (κ2) is 28.1. The first-order valence-electron chi connectivity index (χ1n) is 28.3. The fourth-order valence-corrected chi connectivity index (χ4v) is 13.9. The van der Waals surface area contributed by atoms with E-state index in [1.54, 1.807) is 92.0 Å². The van der Waals surface area contributed by atoms with Crippen molar-refractivity contribution >= 4 is 58.7 Å². The van der Waals surface area contributed by atoms with Crippen LogP contribution in [0.2, 0.25) is 0 Å². The lowest BCUT2D eigenvalue weighted by Crippen LogP contribution is -2.15. The van der Waals surface area contributed by atoms with Crippen LogP contribution in [0.15, 0.2) is 157 Å². The summed E-state index contributed by atoms with van der Waals surface area (Å²) in [5.41, 5.74) is 6.83. The summed E-state index contributed by atoms with van der Waals surface area (Å²) in [5.74, 6) is 1.26. The average Bonchev–Trinajstić information content (AvgIpc) is 1.69. The summed E-state index contributed by atoms with van der Waals surface area (Å²) in [6.45, 7) is 22.4. The summed E-state index contributed by atoms with van der Waals surface area (Å²) >= 11 is 12.3. The monoisotopic (exact) mass is 1340 g/mol. The van der Waals surface area contributed by atoms with Gasteiger partial charge >= 0.3 is 5.97 Å². The van der Waals surface area contributed by atoms with Crippen LogP contribution in [0.25, 0.3) is 17.1 Å². The van der Waals surface area contributed by atoms with Crippen molar-refractivity contribution in [2.24, 2.45) is 0 Å². The van der Waals surface area contributed by atoms with Gasteiger partial charge in [0.2, 0.25) is 44.6 Å². The molecular formula is C65H75Cl2N9O12S3. The highest BCUT2D eigenvalue weighted by atomic mass is 35.5. The Hall–Kier alpha value is -8.16. The van der Waals surface area contributed by atoms with Crippen molar-refractivity contribution in [3.63, 3.8) is 0 Å². The number of hydrogen-bond donors (Lipinski definition) is 0. The molecule has 3 aromatic heterocycles. The SMILES string of the molecule is COC(=O)Cc1c(S(=O)(=O)c2ccc(C(C)(C)C)cc2)nnn1-c1cc(C)ccc1OC.COc1ccc(C)cc1-n1nnc(S(=O)(=O)c2ccc(C(C)(C)C)cc2)c1CCl.COc1ccc(OC)c(-n2nnc(S(=O)(=O)c3ccc(C(C)(C)C)cc3)c2CCl)c1. The maximum Gasteiger partial charge on any atom is 0.311 e. The number of carbonyl (C=O) groups excluding carboxylic acids is 1. The Morgan fingerprint density at radius 3 is 1.00 bits per heavy atom. The summed E-state index contributed by atoms with van der Waals surface area (Å²) in [5, 5.41) is 23.5. The van der Waals surface area contributed by atoms with Crippen LogP contribution in [0, 0.1) is 13.8 Å². The molecule has 9 rings (SSSR count). The third-order valence-corrected chi connectivity index (χ3v) is 20.2. The summed E-state index contributed by atoms with van der Waals surface area (Å²) < 4.78 is 110. The molecule has 21 nitrogen and oxygen atoms in total. The van der Waals surface area contributed by atoms with Crippen LogP contribution < -0.4 is 18.9 Å². The molecular weight excluding hydrogens is 1270 g/mol. The van der Waals surface area contributed by atoms with Crippen LogP contribution >= 0.6 is 23.2 Å². The molecule has 0 fully saturated rings. The van der Waals surface area contributed by atoms with Gasteiger partial charge in [-0.3, -0.25) is 4.79 Å². The van der Waals surface area contributed by atoms with Gasteiger partial charge in [-0.05, 0) is 131 Å². The van der Waals surface area contributed by atoms with Crippen molar-refractivity contribution in [1.82, 2.24) is 45.0 Å². The van der Waals surface area contributed by atoms with Crippen LogP contribution in [0.1, 0.15) is 107 Å². The number of carbonyl (C=O) groups is 1. The zero-order valence-electron chi connectivity index (χ0n) is 53.7. The smallest absolute Gasteiger partial charge is 0.311 e. The third-order valence-electron chi connectivity index (χ3n) is 14.6. The summed E-state index contributed by atoms with van der Waals surface area (Å²) in [4.78, 5) is 12.5. The van der Waals surface area contributed by atoms with Crippen LogP contribution in [0.5, 0.6) is 23.0 Å². The van der Waals surface area contributed by atoms with Crippen molar-refractivity contribution in [3.05, 3.63) is 172 Å². The molecule has 0 aliphatic heterocycles. The number of aryl methyl sites for hydroxylation is 2. The molecule has 3 heterocycles. The van der Waals surface area contributed by atoms with Gasteiger partial charge in [-0.2, -0.15) is 0 Å². The van der Waals surface area contributed by atoms with Gasteiger partial charge in [0.25, 0.3) is 0 Å². The number of nitrogens with zero attached hydrogens (tertiary/aromatic N) is 9. The maximum absolute atomic E-state index is 13.5. The maximum atomic E-state index is 13.5. The summed E-state index contributed by atoms with van der Waals surface area (Å²) in [6, 6.07) is 36.3. The van der Waals surface area contributed by atoms with E-state index >= 15 is 0 Å². The number of hydrogen-bond acceptors (Lipinski definition) is 18. The standard InChI is InChI=1S/C23H27N3O5S.C21H24ClN3O4S.C21H24ClN3O3S/c1-15-7-12-20(30-5)18(13-15)26-19(14-21(27)31-6)22(24-25-26)32(28,29)17-10-8-16(9-11-17)23(2,3)4;1-21(2,3)14-6-9-16(10-7-14)30(26,27)20-18(13-22)25(24-23-20)17-12-15(28-4)8-11-19(17)29-5;1-14-6-11-19(28-5)17(12-14)25-18(13-22)20(23-24-25)29(26,27)16-9-7-15(8-10-16)21(2,3)4/h7-13H,14H2,1-6H3;6-12H,13H2,1-5H3;6-12H,13H2,1-5H3. The quantitative estimate of drug-likeness (QED) is 0.0606. The second-order valence-electron chi connectivity index (χ2n) is 24.0. The van der Waals surface area contributed by atoms with Crippen LogP contribution in [0.3, 0.4) is 0 Å². The van der Waals surface area contributed by atoms with Crippen LogP contribution in [-0.4, -0.2) is 112 Å². The van der Waals surface area contributed by atoms with Crippen LogP contribution in [-0.2, 0) is 73.5 Å². The minimum absolute atomic E-state index is 0.0693. The summed E-state index contributed by atoms with van der Waals surface area (Å²) in [7, 11) is -4.52. The number of alkyl halides is 2. The Labute approximate surface area is 542 Å². The molecule has 9 aromatic rings. The first-order chi connectivity index (χ1) is 42.7. The fraction of sp³-hybridized carbons (Fsp3) is 0.338. The first kappa shape index (κ1) is 70.3. The second-order valence-corrected chi connectivity index (χ2v) is 30.1. The zero-order valence-corrected chi connectivity index (χ0v) is 57.6. The minimum Gasteiger partial charge on any atom is -0.497 e. The van der Waals surface area contributed by atoms with E-state index in [0.717, 1.165) is 27.8 Å². The molecule has 0 amide bonds. The van der Waals surface area contributed by atoms with E-state index in [1.807, 2.05) is 77.1 Å². The number of halogens is 2. The van der Waals surface area contributed by atoms with Crippen LogP contribution in [0.4, 0.5) is 0 Å². The van der Waals surface area contributed by atoms with E-state index in [0.29, 0.717) is 40.1 Å². The lowest BCUT2D eigenvalue weighted by Gasteiger charge is -2.19. The highest BCUT2D eigenvalue weighted by molar-refractivity contribution is 7.92. The van der Waals surface area contributed by atoms with Crippen molar-refractivity contribution in [2.45, 2.75) is 140 Å². The predicted octanol–water partition coefficient (Wildman–Crippen LogP) is 12.0. The predicted molar refractivity (Wildman–Crippen MR) is 346 cm³/mol. The van der Waals surface area contributed by atoms with Crippen molar-refractivity contribution in [3.8, 4) is 40.1 Å². The molecule has 0 atom stereocenters. The Kier molecular flexibility index (Phi) is 21.7. The molecule has 0 aliphatic rings. The molecule has 0 saturated heterocycles. The molecule has 0 N–H and O–H groups in total. The van der Waals surface area contributed by atoms with Crippen molar-refractivity contribution in [2.75, 3.05) is 35.5 Å². The number of sulfone groups is 3. The number of aromatic nitrogens is 9. The first-order valence-corrected chi connectivity index (χ1v) is 33.8. The van der Waals surface area contributed by atoms with E-state index in [9.17, 15) is 30.0 Å². The zero-order chi connectivity index (χ0) is 67.2. The van der Waals surface area contributed by atoms with Gasteiger partial charge < -0.3 is 23.7 Å². The van der Waals surface area contributed by atoms with Gasteiger partial charge in [0.15, 0.2) is 0 Å². The molecule has 26 heteroatoms. The van der Waals surface area contributed by atoms with Gasteiger partial charge in [0.1, 0.15) is 40.1 Å². The molecule has 6 aromatic carbocycles. The van der Waals surface area contributed by atoms with Gasteiger partial charge in [0, 0.05) is 6.07 Å². The molecule has 0 saturated carbocycles. The fourth-order valence-electron chi connectivity index (χ4n) is 9.29. The van der Waals surface area contributed by atoms with Gasteiger partial charge in [-0.25, -0.2) is 39.3 Å². The lowest BCUT2D eigenvalue weighted by molar-refractivity contribution is -0.139. The average molecular weight is 1340 g/mol. The Bertz CT molecular complexity index is 4420. The molecule has 0 bridgehead atoms. The van der Waals surface area contributed by atoms with E-state index in [2.05, 4.69) is 72.5 Å². The number of methoxy groups -OCH3 is 5. The van der Waals surface area contributed by atoms with Crippen molar-refractivity contribution in [1.29, 1.82) is 0 Å². The third kappa shape index (κ3) is 15.4. The van der Waals surface area contributed by atoms with Crippen molar-refractivity contribution < 1.29 is 53.7 Å². The van der Waals surface area contributed by atoms with E-state index < -0.39 is 35.5 Å². The molecule has 484 valence electrons. The van der Waals surface area contributed by atoms with Gasteiger partial charge in [0.05, 0.1) is 85.5 Å². The number of rotatable bonds is 17.